The van der Waals surface area contributed by atoms with E-state index in [0.717, 1.165) is 45.8 Å². The molecule has 0 unspecified atom stereocenters. The van der Waals surface area contributed by atoms with Crippen LogP contribution in [-0.2, 0) is 27.1 Å². The number of nitrogens with two attached hydrogens (primary N) is 1. The summed E-state index contributed by atoms with van der Waals surface area (Å²) in [4.78, 5) is 0. The van der Waals surface area contributed by atoms with Gasteiger partial charge in [0.2, 0.25) is 0 Å². The van der Waals surface area contributed by atoms with Crippen molar-refractivity contribution in [3.63, 3.8) is 0 Å². The fraction of sp³-hybridized carbons (Fsp3) is 0.676. The summed E-state index contributed by atoms with van der Waals surface area (Å²) in [5.74, 6) is 6.95. The Bertz CT molecular complexity index is 1170. The topological polar surface area (TPSA) is 83.2 Å². The van der Waals surface area contributed by atoms with Gasteiger partial charge in [-0.15, -0.1) is 0 Å². The number of hydrogen-bond donors (Lipinski definition) is 1. The molecule has 0 radical (unpaired) electrons. The van der Waals surface area contributed by atoms with Crippen LogP contribution in [0.1, 0.15) is 96.8 Å². The van der Waals surface area contributed by atoms with E-state index in [1.807, 2.05) is 36.4 Å². The molecule has 0 aromatic heterocycles. The summed E-state index contributed by atoms with van der Waals surface area (Å²) in [6.07, 6.45) is 25.2. The van der Waals surface area contributed by atoms with Crippen LogP contribution < -0.4 is 12.4 Å². The fourth-order valence-corrected chi connectivity index (χ4v) is 18.9. The van der Waals surface area contributed by atoms with Crippen LogP contribution in [0, 0.1) is 35.5 Å². The van der Waals surface area contributed by atoms with Crippen molar-refractivity contribution in [1.29, 1.82) is 0 Å². The van der Waals surface area contributed by atoms with Crippen molar-refractivity contribution in [2.45, 2.75) is 107 Å². The zero-order valence-corrected chi connectivity index (χ0v) is 30.1. The van der Waals surface area contributed by atoms with Gasteiger partial charge in [0.05, 0.1) is 10.1 Å². The summed E-state index contributed by atoms with van der Waals surface area (Å²) in [5, 5.41) is 1.76. The molecule has 7 heteroatoms. The van der Waals surface area contributed by atoms with Crippen molar-refractivity contribution < 1.29 is 30.0 Å². The molecule has 0 aliphatic heterocycles. The summed E-state index contributed by atoms with van der Waals surface area (Å²) in [7, 11) is -3.63. The summed E-state index contributed by atoms with van der Waals surface area (Å²) < 4.78 is 36.0. The van der Waals surface area contributed by atoms with Crippen molar-refractivity contribution in [1.82, 2.24) is 0 Å². The fourth-order valence-electron chi connectivity index (χ4n) is 11.2. The van der Waals surface area contributed by atoms with Crippen molar-refractivity contribution in [3.8, 4) is 0 Å². The molecule has 44 heavy (non-hydrogen) atoms. The average Bonchev–Trinajstić information content (AvgIpc) is 2.96. The SMILES string of the molecule is CCCCP(C12CC3CC(CC(C3)C1)C2)C12CC3CC(CC(C3)C1)C2.CS(=O)(=O)[O-].[NH2][Pd+]([c]1ccccc1)[c]1ccccc1. The van der Waals surface area contributed by atoms with E-state index in [0.29, 0.717) is 6.26 Å². The molecular weight excluding hydrogens is 676 g/mol. The van der Waals surface area contributed by atoms with Crippen LogP contribution in [-0.4, -0.2) is 35.7 Å². The zero-order chi connectivity index (χ0) is 31.0. The van der Waals surface area contributed by atoms with E-state index in [-0.39, 0.29) is 7.92 Å². The molecule has 0 saturated heterocycles. The molecule has 2 aromatic carbocycles. The maximum absolute atomic E-state index is 9.08. The molecule has 2 N–H and O–H groups in total. The molecule has 8 bridgehead atoms. The monoisotopic (exact) mass is 729 g/mol. The van der Waals surface area contributed by atoms with Gasteiger partial charge in [-0.3, -0.25) is 0 Å². The summed E-state index contributed by atoms with van der Waals surface area (Å²) in [5.41, 5.74) is 0. The molecular formula is C37H54NO3PPdS. The van der Waals surface area contributed by atoms with E-state index in [1.165, 1.54) is 14.5 Å². The number of unbranched alkanes of at least 4 members (excludes halogenated alkanes) is 1. The summed E-state index contributed by atoms with van der Waals surface area (Å²) in [6, 6.07) is 20.6. The van der Waals surface area contributed by atoms with Crippen LogP contribution in [0.15, 0.2) is 60.7 Å². The van der Waals surface area contributed by atoms with E-state index in [1.54, 1.807) is 89.6 Å². The van der Waals surface area contributed by atoms with E-state index in [9.17, 15) is 0 Å². The van der Waals surface area contributed by atoms with Gasteiger partial charge >= 0.3 is 90.1 Å². The second kappa shape index (κ2) is 13.9. The Hall–Kier alpha value is -0.598. The van der Waals surface area contributed by atoms with Gasteiger partial charge in [0.15, 0.2) is 0 Å². The van der Waals surface area contributed by atoms with Gasteiger partial charge in [0, 0.05) is 6.26 Å². The molecule has 8 aliphatic rings. The Balaban J connectivity index is 0.000000153. The molecule has 8 saturated carbocycles. The van der Waals surface area contributed by atoms with Crippen LogP contribution >= 0.6 is 7.92 Å². The van der Waals surface area contributed by atoms with Gasteiger partial charge in [-0.05, 0) is 135 Å². The third-order valence-corrected chi connectivity index (χ3v) is 18.8. The number of benzene rings is 2. The molecule has 2 aromatic rings. The van der Waals surface area contributed by atoms with Gasteiger partial charge in [-0.2, -0.15) is 0 Å². The van der Waals surface area contributed by atoms with E-state index < -0.39 is 27.1 Å². The summed E-state index contributed by atoms with van der Waals surface area (Å²) >= 11 is -1.19. The molecule has 0 heterocycles. The predicted molar refractivity (Wildman–Crippen MR) is 180 cm³/mol. The minimum atomic E-state index is -3.92. The van der Waals surface area contributed by atoms with E-state index in [4.69, 9.17) is 17.3 Å². The van der Waals surface area contributed by atoms with E-state index >= 15 is 0 Å². The van der Waals surface area contributed by atoms with Gasteiger partial charge in [-0.25, -0.2) is 8.42 Å². The standard InChI is InChI=1S/C24H39P.2C6H5.CH4O3S.H2N.Pd/c1-2-3-4-25(23-11-17-5-18(12-23)7-19(6-17)13-23)24-14-20-8-21(15-24)10-22(9-20)16-24;2*1-2-4-6-5-3-1;1-5(2,3)4;;/h17-22H,2-16H2,1H3;2*1-5H;1H3,(H,2,3,4);1H2;/q;;;;-1;+2/p-1. The Morgan fingerprint density at radius 1 is 0.705 bits per heavy atom. The normalized spacial score (nSPS) is 37.0. The molecule has 0 atom stereocenters. The zero-order valence-electron chi connectivity index (χ0n) is 26.8. The molecule has 0 amide bonds. The second-order valence-corrected chi connectivity index (χ2v) is 23.0. The van der Waals surface area contributed by atoms with Crippen molar-refractivity contribution in [3.05, 3.63) is 60.7 Å². The first-order valence-electron chi connectivity index (χ1n) is 17.2. The molecule has 0 spiro atoms. The van der Waals surface area contributed by atoms with E-state index in [2.05, 4.69) is 31.2 Å². The molecule has 8 aliphatic carbocycles. The van der Waals surface area contributed by atoms with Gasteiger partial charge < -0.3 is 4.55 Å². The van der Waals surface area contributed by atoms with Crippen LogP contribution in [0.4, 0.5) is 0 Å². The summed E-state index contributed by atoms with van der Waals surface area (Å²) in [6.45, 7) is 2.45. The molecule has 246 valence electrons. The molecule has 8 fully saturated rings. The molecule has 4 nitrogen and oxygen atoms in total. The average molecular weight is 730 g/mol. The van der Waals surface area contributed by atoms with Crippen LogP contribution in [0.2, 0.25) is 0 Å². The Kier molecular flexibility index (Phi) is 10.5. The third kappa shape index (κ3) is 7.75. The number of hydrogen-bond acceptors (Lipinski definition) is 4. The third-order valence-electron chi connectivity index (χ3n) is 11.7. The second-order valence-electron chi connectivity index (χ2n) is 15.3. The van der Waals surface area contributed by atoms with Crippen LogP contribution in [0.25, 0.3) is 0 Å². The molecule has 10 rings (SSSR count). The quantitative estimate of drug-likeness (QED) is 0.182. The van der Waals surface area contributed by atoms with Crippen LogP contribution in [0.5, 0.6) is 0 Å². The maximum atomic E-state index is 9.08. The minimum absolute atomic E-state index is 0.285. The Morgan fingerprint density at radius 3 is 1.27 bits per heavy atom. The van der Waals surface area contributed by atoms with Crippen molar-refractivity contribution >= 4 is 26.1 Å². The first-order valence-corrected chi connectivity index (χ1v) is 23.0. The first kappa shape index (κ1) is 33.3. The van der Waals surface area contributed by atoms with Crippen molar-refractivity contribution in [2.75, 3.05) is 12.4 Å². The first-order chi connectivity index (χ1) is 21.0. The van der Waals surface area contributed by atoms with Gasteiger partial charge in [-0.1, -0.05) is 21.3 Å². The number of rotatable bonds is 7. The predicted octanol–water partition coefficient (Wildman–Crippen LogP) is 7.50. The Labute approximate surface area is 274 Å². The van der Waals surface area contributed by atoms with Crippen molar-refractivity contribution in [2.24, 2.45) is 39.9 Å². The van der Waals surface area contributed by atoms with Crippen LogP contribution in [0.3, 0.4) is 0 Å². The van der Waals surface area contributed by atoms with Gasteiger partial charge in [0.25, 0.3) is 0 Å². The Morgan fingerprint density at radius 2 is 1.00 bits per heavy atom. The van der Waals surface area contributed by atoms with Gasteiger partial charge in [0.1, 0.15) is 0 Å².